The molecule has 0 aliphatic carbocycles. The van der Waals surface area contributed by atoms with Crippen molar-refractivity contribution in [2.45, 2.75) is 6.54 Å². The number of hydrogen-bond donors (Lipinski definition) is 0. The quantitative estimate of drug-likeness (QED) is 0.641. The van der Waals surface area contributed by atoms with Gasteiger partial charge < -0.3 is 19.1 Å². The Morgan fingerprint density at radius 2 is 1.86 bits per heavy atom. The number of hydrogen-bond acceptors (Lipinski definition) is 7. The Kier molecular flexibility index (Phi) is 4.59. The van der Waals surface area contributed by atoms with Crippen LogP contribution >= 0.6 is 0 Å². The minimum atomic E-state index is 0.0923. The smallest absolute Gasteiger partial charge is 0.253 e. The number of nitrogens with zero attached hydrogens (tertiary/aromatic N) is 7. The molecule has 3 aromatic rings. The van der Waals surface area contributed by atoms with Crippen LogP contribution in [-0.2, 0) is 11.3 Å². The molecule has 0 bridgehead atoms. The number of carbonyl (C=O) groups excluding carboxylic acids is 1. The molecule has 29 heavy (non-hydrogen) atoms. The number of imidazole rings is 1. The normalized spacial score (nSPS) is 21.1. The van der Waals surface area contributed by atoms with Gasteiger partial charge in [-0.05, 0) is 12.1 Å². The summed E-state index contributed by atoms with van der Waals surface area (Å²) in [5.41, 5.74) is 2.36. The van der Waals surface area contributed by atoms with Gasteiger partial charge in [-0.1, -0.05) is 0 Å². The van der Waals surface area contributed by atoms with Gasteiger partial charge in [0.25, 0.3) is 5.91 Å². The second-order valence-electron chi connectivity index (χ2n) is 7.67. The van der Waals surface area contributed by atoms with Gasteiger partial charge in [0.05, 0.1) is 12.9 Å². The Bertz CT molecular complexity index is 1010. The largest absolute Gasteiger partial charge is 0.383 e. The van der Waals surface area contributed by atoms with Crippen LogP contribution in [0.15, 0.2) is 37.2 Å². The standard InChI is InChI=1S/C20H23N7O2/c1-29-7-6-25-13-24-17-18(25)22-12-23-19(17)26-8-15-10-27(11-16(15)9-26)20(28)14-2-4-21-5-3-14/h2-5,12-13,15-16H,6-11H2,1H3. The molecule has 5 rings (SSSR count). The summed E-state index contributed by atoms with van der Waals surface area (Å²) in [6, 6.07) is 3.56. The molecule has 3 aromatic heterocycles. The molecule has 0 radical (unpaired) electrons. The number of pyridine rings is 1. The van der Waals surface area contributed by atoms with Crippen LogP contribution in [0.5, 0.6) is 0 Å². The summed E-state index contributed by atoms with van der Waals surface area (Å²) in [7, 11) is 1.69. The van der Waals surface area contributed by atoms with Crippen LogP contribution in [0, 0.1) is 11.8 Å². The molecule has 2 saturated heterocycles. The highest BCUT2D eigenvalue weighted by Crippen LogP contribution is 2.35. The highest BCUT2D eigenvalue weighted by molar-refractivity contribution is 5.94. The average Bonchev–Trinajstić information content (AvgIpc) is 3.45. The number of likely N-dealkylation sites (tertiary alicyclic amines) is 1. The Morgan fingerprint density at radius 1 is 1.10 bits per heavy atom. The van der Waals surface area contributed by atoms with Gasteiger partial charge in [-0.2, -0.15) is 0 Å². The molecule has 2 atom stereocenters. The van der Waals surface area contributed by atoms with Gasteiger partial charge in [0, 0.05) is 69.6 Å². The first-order chi connectivity index (χ1) is 14.2. The number of methoxy groups -OCH3 is 1. The minimum absolute atomic E-state index is 0.0923. The van der Waals surface area contributed by atoms with Gasteiger partial charge in [0.15, 0.2) is 17.0 Å². The zero-order chi connectivity index (χ0) is 19.8. The van der Waals surface area contributed by atoms with E-state index in [1.807, 2.05) is 9.47 Å². The van der Waals surface area contributed by atoms with Crippen LogP contribution in [0.3, 0.4) is 0 Å². The van der Waals surface area contributed by atoms with E-state index < -0.39 is 0 Å². The second kappa shape index (κ2) is 7.40. The van der Waals surface area contributed by atoms with Gasteiger partial charge >= 0.3 is 0 Å². The zero-order valence-electron chi connectivity index (χ0n) is 16.3. The van der Waals surface area contributed by atoms with Gasteiger partial charge in [0.1, 0.15) is 6.33 Å². The van der Waals surface area contributed by atoms with Crippen molar-refractivity contribution in [3.63, 3.8) is 0 Å². The molecule has 0 N–H and O–H groups in total. The molecule has 5 heterocycles. The second-order valence-corrected chi connectivity index (χ2v) is 7.67. The molecule has 9 nitrogen and oxygen atoms in total. The molecule has 9 heteroatoms. The summed E-state index contributed by atoms with van der Waals surface area (Å²) in [5, 5.41) is 0. The lowest BCUT2D eigenvalue weighted by molar-refractivity contribution is 0.0782. The predicted molar refractivity (Wildman–Crippen MR) is 107 cm³/mol. The van der Waals surface area contributed by atoms with Crippen molar-refractivity contribution in [3.05, 3.63) is 42.7 Å². The maximum absolute atomic E-state index is 12.7. The molecule has 0 spiro atoms. The van der Waals surface area contributed by atoms with Crippen LogP contribution in [-0.4, -0.2) is 75.2 Å². The average molecular weight is 393 g/mol. The number of fused-ring (bicyclic) bond motifs is 2. The van der Waals surface area contributed by atoms with Crippen LogP contribution in [0.1, 0.15) is 10.4 Å². The maximum atomic E-state index is 12.7. The molecule has 2 aliphatic rings. The SMILES string of the molecule is COCCn1cnc2c(N3CC4CN(C(=O)c5ccncc5)CC4C3)ncnc21. The van der Waals surface area contributed by atoms with Crippen molar-refractivity contribution >= 4 is 22.9 Å². The number of aromatic nitrogens is 5. The number of anilines is 1. The summed E-state index contributed by atoms with van der Waals surface area (Å²) in [4.78, 5) is 34.5. The van der Waals surface area contributed by atoms with Crippen molar-refractivity contribution in [3.8, 4) is 0 Å². The lowest BCUT2D eigenvalue weighted by Gasteiger charge is -2.22. The van der Waals surface area contributed by atoms with Crippen molar-refractivity contribution in [2.75, 3.05) is 44.8 Å². The maximum Gasteiger partial charge on any atom is 0.253 e. The zero-order valence-corrected chi connectivity index (χ0v) is 16.3. The van der Waals surface area contributed by atoms with Crippen molar-refractivity contribution < 1.29 is 9.53 Å². The fraction of sp³-hybridized carbons (Fsp3) is 0.450. The van der Waals surface area contributed by atoms with Gasteiger partial charge in [0.2, 0.25) is 0 Å². The molecule has 0 aromatic carbocycles. The van der Waals surface area contributed by atoms with Gasteiger partial charge in [-0.25, -0.2) is 15.0 Å². The molecule has 2 aliphatic heterocycles. The van der Waals surface area contributed by atoms with E-state index in [9.17, 15) is 4.79 Å². The topological polar surface area (TPSA) is 89.3 Å². The molecule has 1 amide bonds. The number of rotatable bonds is 5. The number of amides is 1. The summed E-state index contributed by atoms with van der Waals surface area (Å²) < 4.78 is 7.16. The lowest BCUT2D eigenvalue weighted by Crippen LogP contribution is -2.33. The van der Waals surface area contributed by atoms with E-state index >= 15 is 0 Å². The minimum Gasteiger partial charge on any atom is -0.383 e. The van der Waals surface area contributed by atoms with Crippen molar-refractivity contribution in [2.24, 2.45) is 11.8 Å². The summed E-state index contributed by atoms with van der Waals surface area (Å²) in [6.45, 7) is 4.63. The summed E-state index contributed by atoms with van der Waals surface area (Å²) in [6.07, 6.45) is 6.74. The fourth-order valence-corrected chi connectivity index (χ4v) is 4.46. The van der Waals surface area contributed by atoms with E-state index in [0.717, 1.165) is 43.2 Å². The third kappa shape index (κ3) is 3.21. The first kappa shape index (κ1) is 18.0. The first-order valence-electron chi connectivity index (χ1n) is 9.83. The molecule has 2 fully saturated rings. The fourth-order valence-electron chi connectivity index (χ4n) is 4.46. The van der Waals surface area contributed by atoms with Crippen LogP contribution in [0.4, 0.5) is 5.82 Å². The van der Waals surface area contributed by atoms with E-state index in [1.165, 1.54) is 0 Å². The van der Waals surface area contributed by atoms with Crippen LogP contribution in [0.25, 0.3) is 11.2 Å². The summed E-state index contributed by atoms with van der Waals surface area (Å²) in [5.74, 6) is 1.87. The monoisotopic (exact) mass is 393 g/mol. The van der Waals surface area contributed by atoms with Gasteiger partial charge in [-0.3, -0.25) is 9.78 Å². The van der Waals surface area contributed by atoms with E-state index in [-0.39, 0.29) is 5.91 Å². The Labute approximate surface area is 168 Å². The van der Waals surface area contributed by atoms with E-state index in [1.54, 1.807) is 44.3 Å². The first-order valence-corrected chi connectivity index (χ1v) is 9.83. The van der Waals surface area contributed by atoms with E-state index in [2.05, 4.69) is 24.8 Å². The van der Waals surface area contributed by atoms with Crippen molar-refractivity contribution in [1.29, 1.82) is 0 Å². The predicted octanol–water partition coefficient (Wildman–Crippen LogP) is 1.08. The molecule has 0 saturated carbocycles. The van der Waals surface area contributed by atoms with E-state index in [0.29, 0.717) is 30.6 Å². The van der Waals surface area contributed by atoms with Gasteiger partial charge in [-0.15, -0.1) is 0 Å². The van der Waals surface area contributed by atoms with E-state index in [4.69, 9.17) is 4.74 Å². The van der Waals surface area contributed by atoms with Crippen molar-refractivity contribution in [1.82, 2.24) is 29.4 Å². The van der Waals surface area contributed by atoms with Crippen LogP contribution < -0.4 is 4.90 Å². The molecular weight excluding hydrogens is 370 g/mol. The third-order valence-corrected chi connectivity index (χ3v) is 5.92. The Morgan fingerprint density at radius 3 is 2.59 bits per heavy atom. The Hall–Kier alpha value is -3.07. The third-order valence-electron chi connectivity index (χ3n) is 5.92. The Balaban J connectivity index is 1.31. The molecular formula is C20H23N7O2. The summed E-state index contributed by atoms with van der Waals surface area (Å²) >= 11 is 0. The lowest BCUT2D eigenvalue weighted by atomic mass is 10.0. The molecule has 2 unspecified atom stereocenters. The highest BCUT2D eigenvalue weighted by atomic mass is 16.5. The molecule has 150 valence electrons. The number of ether oxygens (including phenoxy) is 1. The van der Waals surface area contributed by atoms with Crippen LogP contribution in [0.2, 0.25) is 0 Å². The number of carbonyl (C=O) groups is 1. The highest BCUT2D eigenvalue weighted by Gasteiger charge is 2.42.